The lowest BCUT2D eigenvalue weighted by atomic mass is 10.1. The number of carbonyl (C=O) groups is 2. The van der Waals surface area contributed by atoms with Crippen LogP contribution in [0.5, 0.6) is 0 Å². The number of hydrogen-bond acceptors (Lipinski definition) is 19. The van der Waals surface area contributed by atoms with E-state index in [2.05, 4.69) is 0 Å². The van der Waals surface area contributed by atoms with E-state index in [0.29, 0.717) is 11.9 Å². The molecule has 44 nitrogen and oxygen atoms in total. The number of rotatable bonds is 19. The second kappa shape index (κ2) is 32.6. The number of benzene rings is 1. The maximum absolute atomic E-state index is 11.1. The fourth-order valence-electron chi connectivity index (χ4n) is 3.53. The standard InChI is InChI=1S/C7H9ClO7P2S.C5H10O10P2.C3H11NO6P2.C2H8O7P2.CH6O7P2.CH6O6P2.H3P/c8-5-1-3-6(4-2-5)18-7(9,16(10,11)12)17(13,14)15;6-3(7)1-2(4(8)9)5(16(10,11)12)17(13,14)15;1-4(2)3(11(5,6)7)12(8,9)10;1-2(3,10(4,5)6)11(7,8)9;2-1(9(3,4)5)10(6,7)8;2-8(3,4)1-9(5,6)7;/h1-4,9H,(H2,10,11,12)(H2,13,14,15);2,5H,1H2,(H,6,7)(H,8,9)(H2,10,11,12)(H2,13,14,15);3H,1-2H3,(H2,5,6,7)(H2,8,9,10);3H,1H3,(H2,4,5,6)(H2,7,8,9);1-2H,(H2,3,4,5)(H2,6,7,8);1H2,(H2,2,3,4)(H2,5,6,7);1H3/i;;;;;;1D2. The van der Waals surface area contributed by atoms with Gasteiger partial charge in [0.15, 0.2) is 11.3 Å². The predicted molar refractivity (Wildman–Crippen MR) is 264 cm³/mol. The zero-order chi connectivity index (χ0) is 66.9. The third-order valence-corrected chi connectivity index (χ3v) is 30.4. The number of aliphatic hydroxyl groups excluding tert-OH is 1. The average molecular weight is 1460 g/mol. The molecule has 1 aromatic rings. The van der Waals surface area contributed by atoms with Crippen molar-refractivity contribution in [3.8, 4) is 0 Å². The van der Waals surface area contributed by atoms with Crippen molar-refractivity contribution in [3.63, 3.8) is 0 Å². The molecule has 1 atom stereocenters. The van der Waals surface area contributed by atoms with Crippen LogP contribution in [0.25, 0.3) is 0 Å². The van der Waals surface area contributed by atoms with Crippen LogP contribution in [0.2, 0.25) is 5.02 Å². The van der Waals surface area contributed by atoms with E-state index in [1.165, 1.54) is 38.4 Å². The van der Waals surface area contributed by atoms with Gasteiger partial charge in [-0.25, -0.2) is 0 Å². The minimum atomic E-state index is -5.47. The molecule has 0 fully saturated rings. The summed E-state index contributed by atoms with van der Waals surface area (Å²) >= 11 is 5.57. The number of thioether (sulfide) groups is 1. The molecule has 0 saturated heterocycles. The molecule has 0 aliphatic rings. The van der Waals surface area contributed by atoms with Crippen molar-refractivity contribution in [2.24, 2.45) is 5.92 Å². The predicted octanol–water partition coefficient (Wildman–Crippen LogP) is -3.60. The molecule has 78 heavy (non-hydrogen) atoms. The van der Waals surface area contributed by atoms with Crippen molar-refractivity contribution in [2.45, 2.75) is 44.2 Å². The Labute approximate surface area is 449 Å². The highest BCUT2D eigenvalue weighted by Crippen LogP contribution is 2.74. The lowest BCUT2D eigenvalue weighted by Gasteiger charge is -2.28. The molecule has 0 heterocycles. The number of aliphatic hydroxyl groups is 3. The number of carboxylic acid groups (broad SMARTS) is 2. The van der Waals surface area contributed by atoms with Crippen molar-refractivity contribution in [1.29, 1.82) is 2.56 Å². The Hall–Kier alpha value is 0.870. The van der Waals surface area contributed by atoms with Gasteiger partial charge in [-0.2, -0.15) is 9.79 Å². The lowest BCUT2D eigenvalue weighted by molar-refractivity contribution is -0.148. The van der Waals surface area contributed by atoms with E-state index in [9.17, 15) is 69.5 Å². The molecule has 29 N–H and O–H groups in total. The summed E-state index contributed by atoms with van der Waals surface area (Å²) in [5.74, 6) is -7.51. The minimum Gasteiger partial charge on any atom is -0.481 e. The van der Waals surface area contributed by atoms with Crippen LogP contribution >= 0.6 is 124 Å². The summed E-state index contributed by atoms with van der Waals surface area (Å²) in [6.45, 7) is 0.383. The Morgan fingerprint density at radius 3 is 0.962 bits per heavy atom. The van der Waals surface area contributed by atoms with Gasteiger partial charge in [0, 0.05) is 9.92 Å². The third kappa shape index (κ3) is 36.7. The highest BCUT2D eigenvalue weighted by Gasteiger charge is 2.61. The van der Waals surface area contributed by atoms with Gasteiger partial charge in [0.05, 0.1) is 14.9 Å². The molecule has 59 heteroatoms. The average Bonchev–Trinajstić information content (AvgIpc) is 3.10. The molecule has 470 valence electrons. The highest BCUT2D eigenvalue weighted by molar-refractivity contribution is 8.13. The normalized spacial score (nSPS) is 14.3. The Morgan fingerprint density at radius 2 is 0.846 bits per heavy atom. The van der Waals surface area contributed by atoms with Crippen molar-refractivity contribution in [1.82, 2.24) is 4.90 Å². The van der Waals surface area contributed by atoms with E-state index in [-0.39, 0.29) is 16.7 Å². The first-order valence-corrected chi connectivity index (χ1v) is 38.4. The van der Waals surface area contributed by atoms with Gasteiger partial charge < -0.3 is 143 Å². The monoisotopic (exact) mass is 1450 g/mol. The second-order valence-corrected chi connectivity index (χ2v) is 39.4. The molecule has 1 rings (SSSR count). The fraction of sp³-hybridized carbons (Fsp3) is 0.579. The SMILES string of the molecule is CC(O)(P(=O)(O)O)P(=O)(O)O.CN(C)C(P(=O)(O)O)P(=O)(O)O.O=C(O)CC(C(=O)O)C(P(=O)(O)O)P(=O)(O)O.O=P(O)(O)C(O)(Sc1ccc(Cl)cc1)P(=O)(O)O.O=P(O)(O)C(O)P(=O)(O)O.O=P(O)(O)CP(=O)(O)O.[2H]P[2H]. The summed E-state index contributed by atoms with van der Waals surface area (Å²) in [4.78, 5) is 223. The molecule has 1 aromatic carbocycles. The molecule has 0 amide bonds. The largest absolute Gasteiger partial charge is 0.481 e. The molecule has 0 radical (unpaired) electrons. The van der Waals surface area contributed by atoms with Crippen LogP contribution in [-0.2, 0) is 64.4 Å². The summed E-state index contributed by atoms with van der Waals surface area (Å²) in [6.07, 6.45) is -1.31. The summed E-state index contributed by atoms with van der Waals surface area (Å²) < 4.78 is 133. The van der Waals surface area contributed by atoms with E-state index in [1.54, 1.807) is 0 Å². The summed E-state index contributed by atoms with van der Waals surface area (Å²) in [5.41, 5.74) is -4.95. The van der Waals surface area contributed by atoms with Gasteiger partial charge in [0.25, 0.3) is 10.7 Å². The van der Waals surface area contributed by atoms with Crippen LogP contribution in [0.3, 0.4) is 0 Å². The molecule has 0 bridgehead atoms. The zero-order valence-electron chi connectivity index (χ0n) is 39.8. The van der Waals surface area contributed by atoms with Crippen molar-refractivity contribution >= 4 is 136 Å². The van der Waals surface area contributed by atoms with Gasteiger partial charge >= 0.3 is 108 Å². The summed E-state index contributed by atoms with van der Waals surface area (Å²) in [6, 6.07) is 5.24. The van der Waals surface area contributed by atoms with Crippen LogP contribution in [-0.4, -0.2) is 208 Å². The molecule has 0 aliphatic heterocycles. The Kier molecular flexibility index (Phi) is 35.6. The molecular weight excluding hydrogens is 1400 g/mol. The van der Waals surface area contributed by atoms with E-state index in [4.69, 9.17) is 152 Å². The molecule has 0 spiro atoms. The Bertz CT molecular complexity index is 2600. The van der Waals surface area contributed by atoms with Gasteiger partial charge in [-0.05, 0) is 45.3 Å². The molecule has 0 aliphatic carbocycles. The van der Waals surface area contributed by atoms with E-state index >= 15 is 0 Å². The Morgan fingerprint density at radius 1 is 0.564 bits per heavy atom. The van der Waals surface area contributed by atoms with Gasteiger partial charge in [-0.15, -0.1) is 0 Å². The topological polar surface area (TPSA) is 829 Å². The smallest absolute Gasteiger partial charge is 0.380 e. The summed E-state index contributed by atoms with van der Waals surface area (Å²) in [7, 11) is -59.2. The van der Waals surface area contributed by atoms with Crippen LogP contribution < -0.4 is 0 Å². The molecule has 1 unspecified atom stereocenters. The molecular formula is C19H53ClNO43P13S. The first-order chi connectivity index (χ1) is 34.2. The van der Waals surface area contributed by atoms with E-state index in [1.807, 2.05) is 0 Å². The second-order valence-electron chi connectivity index (χ2n) is 13.9. The highest BCUT2D eigenvalue weighted by atomic mass is 35.5. The van der Waals surface area contributed by atoms with Gasteiger partial charge in [-0.3, -0.25) is 69.3 Å². The first-order valence-electron chi connectivity index (χ1n) is 18.1. The van der Waals surface area contributed by atoms with Gasteiger partial charge in [0.2, 0.25) is 5.52 Å². The summed E-state index contributed by atoms with van der Waals surface area (Å²) in [5, 5.41) is 37.5. The lowest BCUT2D eigenvalue weighted by Crippen LogP contribution is -2.30. The Balaban J connectivity index is -0.000000207. The number of carboxylic acids is 2. The fourth-order valence-corrected chi connectivity index (χ4v) is 17.8. The number of hydrogen-bond donors (Lipinski definition) is 29. The van der Waals surface area contributed by atoms with Crippen molar-refractivity contribution in [2.75, 3.05) is 20.0 Å². The van der Waals surface area contributed by atoms with Crippen LogP contribution in [0, 0.1) is 5.92 Å². The molecule has 0 saturated carbocycles. The van der Waals surface area contributed by atoms with E-state index in [0.717, 1.165) is 4.90 Å². The number of nitrogens with zero attached hydrogens (tertiary/aromatic N) is 1. The number of halogens is 1. The van der Waals surface area contributed by atoms with Crippen molar-refractivity contribution in [3.05, 3.63) is 29.3 Å². The van der Waals surface area contributed by atoms with Gasteiger partial charge in [-0.1, -0.05) is 23.4 Å². The quantitative estimate of drug-likeness (QED) is 0.0362. The molecule has 0 aromatic heterocycles. The van der Waals surface area contributed by atoms with Gasteiger partial charge in [0.1, 0.15) is 0 Å². The maximum Gasteiger partial charge on any atom is 0.380 e. The number of aliphatic carboxylic acids is 2. The van der Waals surface area contributed by atoms with Crippen LogP contribution in [0.4, 0.5) is 0 Å². The minimum absolute atomic E-state index is 0.0157. The zero-order valence-corrected chi connectivity index (χ0v) is 51.1. The van der Waals surface area contributed by atoms with E-state index < -0.39 is 157 Å². The third-order valence-electron chi connectivity index (χ3n) is 6.73. The van der Waals surface area contributed by atoms with Crippen LogP contribution in [0.15, 0.2) is 29.2 Å². The van der Waals surface area contributed by atoms with Crippen molar-refractivity contribution < 1.29 is 207 Å². The van der Waals surface area contributed by atoms with Crippen LogP contribution in [0.1, 0.15) is 13.3 Å². The maximum atomic E-state index is 11.1. The first kappa shape index (κ1) is 85.3.